The standard InChI is InChI=1S/C16H17NO3S/c18-15-6-1-3-12(9-15)11-17-21(19,20)16-8-7-13-4-2-5-14(13)10-16/h1,3,6-10,17-18H,2,4-5,11H2. The molecule has 21 heavy (non-hydrogen) atoms. The molecule has 2 aromatic carbocycles. The summed E-state index contributed by atoms with van der Waals surface area (Å²) >= 11 is 0. The van der Waals surface area contributed by atoms with Crippen LogP contribution < -0.4 is 4.72 Å². The van der Waals surface area contributed by atoms with Crippen molar-refractivity contribution in [3.05, 3.63) is 59.2 Å². The van der Waals surface area contributed by atoms with Crippen LogP contribution in [0.2, 0.25) is 0 Å². The molecular weight excluding hydrogens is 286 g/mol. The van der Waals surface area contributed by atoms with Crippen molar-refractivity contribution in [3.8, 4) is 5.75 Å². The molecule has 0 bridgehead atoms. The highest BCUT2D eigenvalue weighted by molar-refractivity contribution is 7.89. The SMILES string of the molecule is O=S(=O)(NCc1cccc(O)c1)c1ccc2c(c1)CCC2. The topological polar surface area (TPSA) is 66.4 Å². The largest absolute Gasteiger partial charge is 0.508 e. The number of fused-ring (bicyclic) bond motifs is 1. The maximum atomic E-state index is 12.3. The van der Waals surface area contributed by atoms with Gasteiger partial charge in [-0.25, -0.2) is 13.1 Å². The fraction of sp³-hybridized carbons (Fsp3) is 0.250. The third-order valence-corrected chi connectivity index (χ3v) is 5.16. The van der Waals surface area contributed by atoms with Gasteiger partial charge < -0.3 is 5.11 Å². The molecule has 0 atom stereocenters. The van der Waals surface area contributed by atoms with E-state index in [0.717, 1.165) is 30.4 Å². The molecule has 0 fully saturated rings. The molecule has 0 amide bonds. The molecule has 1 aliphatic rings. The molecule has 0 saturated heterocycles. The van der Waals surface area contributed by atoms with Gasteiger partial charge in [0.05, 0.1) is 4.90 Å². The zero-order valence-electron chi connectivity index (χ0n) is 11.5. The van der Waals surface area contributed by atoms with Crippen molar-refractivity contribution < 1.29 is 13.5 Å². The molecule has 0 heterocycles. The van der Waals surface area contributed by atoms with Crippen LogP contribution >= 0.6 is 0 Å². The van der Waals surface area contributed by atoms with Gasteiger partial charge in [-0.15, -0.1) is 0 Å². The van der Waals surface area contributed by atoms with Crippen LogP contribution in [0.4, 0.5) is 0 Å². The van der Waals surface area contributed by atoms with Crippen LogP contribution in [0, 0.1) is 0 Å². The Hall–Kier alpha value is -1.85. The number of phenolic OH excluding ortho intramolecular Hbond substituents is 1. The summed E-state index contributed by atoms with van der Waals surface area (Å²) in [6, 6.07) is 11.9. The van der Waals surface area contributed by atoms with Gasteiger partial charge in [0, 0.05) is 6.54 Å². The quantitative estimate of drug-likeness (QED) is 0.911. The lowest BCUT2D eigenvalue weighted by Crippen LogP contribution is -2.23. The number of sulfonamides is 1. The smallest absolute Gasteiger partial charge is 0.240 e. The van der Waals surface area contributed by atoms with E-state index in [9.17, 15) is 13.5 Å². The predicted molar refractivity (Wildman–Crippen MR) is 80.6 cm³/mol. The number of rotatable bonds is 4. The molecule has 0 radical (unpaired) electrons. The first-order chi connectivity index (χ1) is 10.0. The van der Waals surface area contributed by atoms with E-state index in [1.165, 1.54) is 5.56 Å². The van der Waals surface area contributed by atoms with Crippen LogP contribution in [0.3, 0.4) is 0 Å². The average Bonchev–Trinajstić information content (AvgIpc) is 2.93. The van der Waals surface area contributed by atoms with Gasteiger partial charge in [0.25, 0.3) is 0 Å². The second-order valence-electron chi connectivity index (χ2n) is 5.28. The fourth-order valence-corrected chi connectivity index (χ4v) is 3.71. The summed E-state index contributed by atoms with van der Waals surface area (Å²) in [6.07, 6.45) is 3.08. The number of aromatic hydroxyl groups is 1. The Morgan fingerprint density at radius 3 is 2.67 bits per heavy atom. The van der Waals surface area contributed by atoms with Crippen LogP contribution in [0.15, 0.2) is 47.4 Å². The lowest BCUT2D eigenvalue weighted by molar-refractivity contribution is 0.474. The van der Waals surface area contributed by atoms with Gasteiger partial charge in [0.2, 0.25) is 10.0 Å². The highest BCUT2D eigenvalue weighted by Gasteiger charge is 2.18. The third-order valence-electron chi connectivity index (χ3n) is 3.76. The van der Waals surface area contributed by atoms with Crippen LogP contribution in [0.1, 0.15) is 23.1 Å². The minimum absolute atomic E-state index is 0.129. The van der Waals surface area contributed by atoms with Crippen LogP contribution in [0.5, 0.6) is 5.75 Å². The monoisotopic (exact) mass is 303 g/mol. The Balaban J connectivity index is 1.78. The minimum atomic E-state index is -3.52. The van der Waals surface area contributed by atoms with Gasteiger partial charge in [0.15, 0.2) is 0 Å². The summed E-state index contributed by atoms with van der Waals surface area (Å²) in [5, 5.41) is 9.39. The first-order valence-electron chi connectivity index (χ1n) is 6.94. The van der Waals surface area contributed by atoms with Gasteiger partial charge in [0.1, 0.15) is 5.75 Å². The van der Waals surface area contributed by atoms with Crippen molar-refractivity contribution >= 4 is 10.0 Å². The number of benzene rings is 2. The maximum absolute atomic E-state index is 12.3. The Labute approximate surface area is 124 Å². The van der Waals surface area contributed by atoms with E-state index in [1.54, 1.807) is 36.4 Å². The third kappa shape index (κ3) is 3.09. The van der Waals surface area contributed by atoms with E-state index in [-0.39, 0.29) is 12.3 Å². The number of phenols is 1. The first kappa shape index (κ1) is 14.1. The molecule has 1 aliphatic carbocycles. The summed E-state index contributed by atoms with van der Waals surface area (Å²) in [5.41, 5.74) is 3.11. The summed E-state index contributed by atoms with van der Waals surface area (Å²) in [4.78, 5) is 0.309. The minimum Gasteiger partial charge on any atom is -0.508 e. The molecule has 3 rings (SSSR count). The highest BCUT2D eigenvalue weighted by atomic mass is 32.2. The van der Waals surface area contributed by atoms with Crippen LogP contribution in [-0.4, -0.2) is 13.5 Å². The van der Waals surface area contributed by atoms with Crippen molar-refractivity contribution in [3.63, 3.8) is 0 Å². The molecule has 0 aliphatic heterocycles. The Kier molecular flexibility index (Phi) is 3.69. The van der Waals surface area contributed by atoms with E-state index >= 15 is 0 Å². The van der Waals surface area contributed by atoms with E-state index in [1.807, 2.05) is 6.07 Å². The van der Waals surface area contributed by atoms with Gasteiger partial charge in [-0.1, -0.05) is 18.2 Å². The normalized spacial score (nSPS) is 14.1. The van der Waals surface area contributed by atoms with Crippen molar-refractivity contribution in [2.24, 2.45) is 0 Å². The number of nitrogens with one attached hydrogen (secondary N) is 1. The predicted octanol–water partition coefficient (Wildman–Crippen LogP) is 2.36. The second-order valence-corrected chi connectivity index (χ2v) is 7.05. The summed E-state index contributed by atoms with van der Waals surface area (Å²) < 4.78 is 27.2. The molecule has 4 nitrogen and oxygen atoms in total. The molecule has 2 N–H and O–H groups in total. The van der Waals surface area contributed by atoms with Crippen LogP contribution in [0.25, 0.3) is 0 Å². The number of aryl methyl sites for hydroxylation is 2. The molecule has 0 spiro atoms. The zero-order chi connectivity index (χ0) is 14.9. The first-order valence-corrected chi connectivity index (χ1v) is 8.42. The number of hydrogen-bond donors (Lipinski definition) is 2. The average molecular weight is 303 g/mol. The van der Waals surface area contributed by atoms with Gasteiger partial charge in [-0.3, -0.25) is 0 Å². The highest BCUT2D eigenvalue weighted by Crippen LogP contribution is 2.24. The van der Waals surface area contributed by atoms with Gasteiger partial charge >= 0.3 is 0 Å². The second kappa shape index (κ2) is 5.50. The van der Waals surface area contributed by atoms with E-state index < -0.39 is 10.0 Å². The van der Waals surface area contributed by atoms with E-state index in [2.05, 4.69) is 4.72 Å². The Bertz CT molecular complexity index is 769. The van der Waals surface area contributed by atoms with Crippen molar-refractivity contribution in [1.29, 1.82) is 0 Å². The van der Waals surface area contributed by atoms with Gasteiger partial charge in [-0.05, 0) is 60.2 Å². The van der Waals surface area contributed by atoms with Crippen molar-refractivity contribution in [2.45, 2.75) is 30.7 Å². The van der Waals surface area contributed by atoms with Crippen molar-refractivity contribution in [2.75, 3.05) is 0 Å². The van der Waals surface area contributed by atoms with E-state index in [4.69, 9.17) is 0 Å². The molecular formula is C16H17NO3S. The molecule has 2 aromatic rings. The summed E-state index contributed by atoms with van der Waals surface area (Å²) in [7, 11) is -3.52. The Morgan fingerprint density at radius 2 is 1.86 bits per heavy atom. The lowest BCUT2D eigenvalue weighted by Gasteiger charge is -2.09. The zero-order valence-corrected chi connectivity index (χ0v) is 12.4. The Morgan fingerprint density at radius 1 is 1.05 bits per heavy atom. The van der Waals surface area contributed by atoms with Crippen molar-refractivity contribution in [1.82, 2.24) is 4.72 Å². The number of hydrogen-bond acceptors (Lipinski definition) is 3. The maximum Gasteiger partial charge on any atom is 0.240 e. The summed E-state index contributed by atoms with van der Waals surface area (Å²) in [6.45, 7) is 0.161. The molecule has 0 unspecified atom stereocenters. The molecule has 0 saturated carbocycles. The van der Waals surface area contributed by atoms with Crippen LogP contribution in [-0.2, 0) is 29.4 Å². The lowest BCUT2D eigenvalue weighted by atomic mass is 10.1. The molecule has 0 aromatic heterocycles. The van der Waals surface area contributed by atoms with Gasteiger partial charge in [-0.2, -0.15) is 0 Å². The summed E-state index contributed by atoms with van der Waals surface area (Å²) in [5.74, 6) is 0.129. The fourth-order valence-electron chi connectivity index (χ4n) is 2.64. The van der Waals surface area contributed by atoms with E-state index in [0.29, 0.717) is 4.90 Å². The molecule has 5 heteroatoms. The molecule has 110 valence electrons.